The maximum atomic E-state index is 12.6. The van der Waals surface area contributed by atoms with E-state index in [1.165, 1.54) is 11.3 Å². The van der Waals surface area contributed by atoms with E-state index in [4.69, 9.17) is 33.5 Å². The third-order valence-corrected chi connectivity index (χ3v) is 6.25. The van der Waals surface area contributed by atoms with Gasteiger partial charge in [0.05, 0.1) is 21.3 Å². The number of hydrogen-bond acceptors (Lipinski definition) is 7. The summed E-state index contributed by atoms with van der Waals surface area (Å²) in [5.41, 5.74) is 7.94. The number of fused-ring (bicyclic) bond motifs is 1. The highest BCUT2D eigenvalue weighted by molar-refractivity contribution is 7.21. The molecular weight excluding hydrogens is 433 g/mol. The van der Waals surface area contributed by atoms with Crippen molar-refractivity contribution in [3.63, 3.8) is 0 Å². The number of pyridine rings is 1. The summed E-state index contributed by atoms with van der Waals surface area (Å²) < 4.78 is 6.80. The van der Waals surface area contributed by atoms with Crippen LogP contribution in [0.4, 0.5) is 11.6 Å². The summed E-state index contributed by atoms with van der Waals surface area (Å²) in [5.74, 6) is -0.337. The number of nitrogen functional groups attached to an aromatic ring is 1. The summed E-state index contributed by atoms with van der Waals surface area (Å²) in [6, 6.07) is 9.18. The van der Waals surface area contributed by atoms with Crippen molar-refractivity contribution in [2.24, 2.45) is 4.99 Å². The molecule has 0 spiro atoms. The number of anilines is 1. The third kappa shape index (κ3) is 3.43. The Hall–Kier alpha value is -2.68. The molecule has 0 amide bonds. The zero-order valence-corrected chi connectivity index (χ0v) is 17.1. The van der Waals surface area contributed by atoms with Crippen molar-refractivity contribution in [3.8, 4) is 11.3 Å². The number of aliphatic imine (C=N–C) groups is 1. The van der Waals surface area contributed by atoms with Gasteiger partial charge in [-0.1, -0.05) is 23.2 Å². The molecule has 0 unspecified atom stereocenters. The number of aromatic nitrogens is 3. The highest BCUT2D eigenvalue weighted by atomic mass is 35.5. The van der Waals surface area contributed by atoms with Gasteiger partial charge in [-0.25, -0.2) is 9.98 Å². The van der Waals surface area contributed by atoms with Crippen LogP contribution < -0.4 is 15.5 Å². The minimum Gasteiger partial charge on any atom is -0.857 e. The average Bonchev–Trinajstić information content (AvgIpc) is 3.35. The number of nitrogens with two attached hydrogens (primary N) is 1. The van der Waals surface area contributed by atoms with Crippen LogP contribution in [0.25, 0.3) is 21.5 Å². The second kappa shape index (κ2) is 6.98. The van der Waals surface area contributed by atoms with Gasteiger partial charge in [0.2, 0.25) is 5.27 Å². The highest BCUT2D eigenvalue weighted by Gasteiger charge is 2.35. The van der Waals surface area contributed by atoms with Crippen molar-refractivity contribution in [1.82, 2.24) is 10.3 Å². The molecule has 2 N–H and O–H groups in total. The van der Waals surface area contributed by atoms with Crippen LogP contribution in [-0.4, -0.2) is 16.2 Å². The standard InChI is InChI=1S/C19H13Cl2N5O2S/c20-9-1-4-11(13(21)7-9)14-6-5-12-16(22)17(29-19(12)23-14)18(27)24-15-8-26(25-28-15)10-2-3-10/h1,4-8,10H,2-3H2,(H2-,22,24,25,27). The molecule has 3 aromatic heterocycles. The van der Waals surface area contributed by atoms with Crippen LogP contribution in [0.5, 0.6) is 0 Å². The smallest absolute Gasteiger partial charge is 0.320 e. The number of hydrogen-bond donors (Lipinski definition) is 1. The Labute approximate surface area is 179 Å². The monoisotopic (exact) mass is 445 g/mol. The van der Waals surface area contributed by atoms with Gasteiger partial charge in [-0.2, -0.15) is 0 Å². The zero-order valence-electron chi connectivity index (χ0n) is 14.8. The molecule has 10 heteroatoms. The largest absolute Gasteiger partial charge is 0.857 e. The molecule has 7 nitrogen and oxygen atoms in total. The predicted molar refractivity (Wildman–Crippen MR) is 111 cm³/mol. The van der Waals surface area contributed by atoms with E-state index in [0.717, 1.165) is 18.4 Å². The first-order valence-electron chi connectivity index (χ1n) is 8.78. The first-order valence-corrected chi connectivity index (χ1v) is 10.4. The molecule has 1 aromatic carbocycles. The molecule has 0 atom stereocenters. The first-order chi connectivity index (χ1) is 14.0. The minimum absolute atomic E-state index is 0.153. The van der Waals surface area contributed by atoms with Gasteiger partial charge in [0.1, 0.15) is 4.83 Å². The Morgan fingerprint density at radius 3 is 2.86 bits per heavy atom. The van der Waals surface area contributed by atoms with Gasteiger partial charge >= 0.3 is 5.88 Å². The summed E-state index contributed by atoms with van der Waals surface area (Å²) in [6.45, 7) is 0. The van der Waals surface area contributed by atoms with Crippen LogP contribution in [0.3, 0.4) is 0 Å². The number of nitrogens with zero attached hydrogens (tertiary/aromatic N) is 4. The van der Waals surface area contributed by atoms with Crippen molar-refractivity contribution in [3.05, 3.63) is 51.5 Å². The molecule has 0 bridgehead atoms. The molecule has 0 saturated heterocycles. The Kier molecular flexibility index (Phi) is 4.42. The topological polar surface area (TPSA) is 104 Å². The van der Waals surface area contributed by atoms with Crippen LogP contribution >= 0.6 is 34.5 Å². The second-order valence-electron chi connectivity index (χ2n) is 6.69. The number of halogens is 2. The van der Waals surface area contributed by atoms with Gasteiger partial charge in [0.25, 0.3) is 6.20 Å². The molecule has 1 fully saturated rings. The first kappa shape index (κ1) is 18.4. The molecule has 146 valence electrons. The third-order valence-electron chi connectivity index (χ3n) is 4.60. The van der Waals surface area contributed by atoms with E-state index in [0.29, 0.717) is 42.6 Å². The second-order valence-corrected chi connectivity index (χ2v) is 8.53. The zero-order chi connectivity index (χ0) is 20.1. The fraction of sp³-hybridized carbons (Fsp3) is 0.158. The Morgan fingerprint density at radius 2 is 2.10 bits per heavy atom. The molecule has 1 saturated carbocycles. The Balaban J connectivity index is 1.52. The van der Waals surface area contributed by atoms with Gasteiger partial charge in [-0.3, -0.25) is 4.52 Å². The van der Waals surface area contributed by atoms with E-state index < -0.39 is 5.90 Å². The van der Waals surface area contributed by atoms with Gasteiger partial charge < -0.3 is 10.8 Å². The van der Waals surface area contributed by atoms with E-state index >= 15 is 0 Å². The van der Waals surface area contributed by atoms with Crippen molar-refractivity contribution < 1.29 is 14.3 Å². The normalized spacial score (nSPS) is 14.6. The van der Waals surface area contributed by atoms with Crippen LogP contribution in [0.15, 0.2) is 46.0 Å². The summed E-state index contributed by atoms with van der Waals surface area (Å²) in [7, 11) is 0. The summed E-state index contributed by atoms with van der Waals surface area (Å²) >= 11 is 13.4. The lowest BCUT2D eigenvalue weighted by Gasteiger charge is -2.06. The number of rotatable bonds is 4. The minimum atomic E-state index is -0.490. The van der Waals surface area contributed by atoms with Crippen LogP contribution in [0.2, 0.25) is 10.0 Å². The van der Waals surface area contributed by atoms with E-state index in [-0.39, 0.29) is 5.88 Å². The number of thiophene rings is 1. The lowest BCUT2D eigenvalue weighted by atomic mass is 10.1. The quantitative estimate of drug-likeness (QED) is 0.291. The fourth-order valence-electron chi connectivity index (χ4n) is 2.96. The van der Waals surface area contributed by atoms with Gasteiger partial charge in [-0.05, 0) is 35.0 Å². The van der Waals surface area contributed by atoms with E-state index in [1.54, 1.807) is 35.1 Å². The Bertz CT molecular complexity index is 1280. The van der Waals surface area contributed by atoms with Crippen LogP contribution in [0.1, 0.15) is 23.8 Å². The summed E-state index contributed by atoms with van der Waals surface area (Å²) in [4.78, 5) is 9.55. The molecule has 4 aromatic rings. The summed E-state index contributed by atoms with van der Waals surface area (Å²) in [5, 5.41) is 18.3. The van der Waals surface area contributed by atoms with Gasteiger partial charge in [0, 0.05) is 34.7 Å². The molecule has 0 radical (unpaired) electrons. The van der Waals surface area contributed by atoms with E-state index in [1.807, 2.05) is 6.07 Å². The maximum absolute atomic E-state index is 12.6. The van der Waals surface area contributed by atoms with E-state index in [2.05, 4.69) is 15.2 Å². The SMILES string of the molecule is Nc1c(/C([O-])=N/c2c[n+](C3CC3)no2)sc2nc(-c3ccc(Cl)cc3Cl)ccc12. The molecule has 1 aliphatic rings. The van der Waals surface area contributed by atoms with Gasteiger partial charge in [-0.15, -0.1) is 11.3 Å². The fourth-order valence-corrected chi connectivity index (χ4v) is 4.45. The molecule has 5 rings (SSSR count). The average molecular weight is 446 g/mol. The maximum Gasteiger partial charge on any atom is 0.320 e. The highest BCUT2D eigenvalue weighted by Crippen LogP contribution is 2.36. The van der Waals surface area contributed by atoms with Crippen LogP contribution in [-0.2, 0) is 0 Å². The van der Waals surface area contributed by atoms with Crippen molar-refractivity contribution in [1.29, 1.82) is 0 Å². The lowest BCUT2D eigenvalue weighted by Crippen LogP contribution is -2.32. The van der Waals surface area contributed by atoms with E-state index in [9.17, 15) is 5.11 Å². The molecule has 0 aliphatic heterocycles. The van der Waals surface area contributed by atoms with Crippen molar-refractivity contribution >= 4 is 62.2 Å². The lowest BCUT2D eigenvalue weighted by molar-refractivity contribution is -0.765. The van der Waals surface area contributed by atoms with Crippen LogP contribution in [0, 0.1) is 0 Å². The molecular formula is C19H13Cl2N5O2S. The predicted octanol–water partition coefficient (Wildman–Crippen LogP) is 3.90. The molecule has 3 heterocycles. The Morgan fingerprint density at radius 1 is 1.28 bits per heavy atom. The summed E-state index contributed by atoms with van der Waals surface area (Å²) in [6.07, 6.45) is 3.73. The van der Waals surface area contributed by atoms with Crippen molar-refractivity contribution in [2.45, 2.75) is 18.9 Å². The van der Waals surface area contributed by atoms with Crippen molar-refractivity contribution in [2.75, 3.05) is 5.73 Å². The van der Waals surface area contributed by atoms with Gasteiger partial charge in [0.15, 0.2) is 6.04 Å². The number of benzene rings is 1. The molecule has 29 heavy (non-hydrogen) atoms. The molecule has 1 aliphatic carbocycles.